The summed E-state index contributed by atoms with van der Waals surface area (Å²) in [7, 11) is 1.93. The van der Waals surface area contributed by atoms with Gasteiger partial charge >= 0.3 is 0 Å². The lowest BCUT2D eigenvalue weighted by atomic mass is 10.1. The first-order valence-electron chi connectivity index (χ1n) is 9.22. The molecule has 0 radical (unpaired) electrons. The second kappa shape index (κ2) is 8.59. The van der Waals surface area contributed by atoms with E-state index in [-0.39, 0.29) is 12.5 Å². The Kier molecular flexibility index (Phi) is 5.54. The van der Waals surface area contributed by atoms with Gasteiger partial charge in [-0.1, -0.05) is 41.7 Å². The van der Waals surface area contributed by atoms with Crippen LogP contribution in [0.2, 0.25) is 0 Å². The van der Waals surface area contributed by atoms with Gasteiger partial charge in [-0.3, -0.25) is 4.79 Å². The highest BCUT2D eigenvalue weighted by Gasteiger charge is 2.19. The molecule has 0 saturated heterocycles. The van der Waals surface area contributed by atoms with E-state index in [9.17, 15) is 4.79 Å². The first-order valence-corrected chi connectivity index (χ1v) is 10.0. The summed E-state index contributed by atoms with van der Waals surface area (Å²) in [5.41, 5.74) is 3.08. The lowest BCUT2D eigenvalue weighted by molar-refractivity contribution is -0.114. The van der Waals surface area contributed by atoms with Crippen molar-refractivity contribution in [1.29, 1.82) is 5.26 Å². The second-order valence-corrected chi connectivity index (χ2v) is 7.51. The van der Waals surface area contributed by atoms with Crippen LogP contribution in [0.5, 0.6) is 0 Å². The quantitative estimate of drug-likeness (QED) is 0.494. The van der Waals surface area contributed by atoms with E-state index in [1.165, 1.54) is 11.3 Å². The molecule has 0 bridgehead atoms. The molecule has 2 aromatic carbocycles. The fourth-order valence-electron chi connectivity index (χ4n) is 2.91. The minimum absolute atomic E-state index is 0.0872. The van der Waals surface area contributed by atoms with Crippen LogP contribution in [0.15, 0.2) is 67.0 Å². The molecule has 0 spiro atoms. The number of nitriles is 1. The molecular formula is C22H18N6OS. The predicted octanol–water partition coefficient (Wildman–Crippen LogP) is 4.13. The topological polar surface area (TPSA) is 95.6 Å². The van der Waals surface area contributed by atoms with Crippen molar-refractivity contribution in [1.82, 2.24) is 14.5 Å². The van der Waals surface area contributed by atoms with E-state index < -0.39 is 0 Å². The Hall–Kier alpha value is -3.96. The minimum Gasteiger partial charge on any atom is -0.376 e. The molecule has 0 atom stereocenters. The number of nitrogens with one attached hydrogen (secondary N) is 2. The first kappa shape index (κ1) is 19.4. The zero-order chi connectivity index (χ0) is 20.9. The lowest BCUT2D eigenvalue weighted by Crippen LogP contribution is -2.21. The van der Waals surface area contributed by atoms with Gasteiger partial charge in [-0.2, -0.15) is 5.26 Å². The third kappa shape index (κ3) is 4.21. The Labute approximate surface area is 177 Å². The van der Waals surface area contributed by atoms with E-state index in [0.29, 0.717) is 10.7 Å². The van der Waals surface area contributed by atoms with E-state index in [2.05, 4.69) is 26.7 Å². The number of carbonyl (C=O) groups is 1. The van der Waals surface area contributed by atoms with Crippen LogP contribution < -0.4 is 10.6 Å². The Morgan fingerprint density at radius 3 is 2.60 bits per heavy atom. The molecule has 0 aliphatic rings. The van der Waals surface area contributed by atoms with Crippen molar-refractivity contribution in [2.75, 3.05) is 17.2 Å². The van der Waals surface area contributed by atoms with Gasteiger partial charge in [-0.05, 0) is 24.3 Å². The van der Waals surface area contributed by atoms with Crippen molar-refractivity contribution in [2.45, 2.75) is 0 Å². The molecule has 8 heteroatoms. The van der Waals surface area contributed by atoms with Gasteiger partial charge in [0.25, 0.3) is 0 Å². The number of aromatic nitrogens is 3. The third-order valence-electron chi connectivity index (χ3n) is 4.41. The molecule has 0 aliphatic heterocycles. The fraction of sp³-hybridized carbons (Fsp3) is 0.0909. The van der Waals surface area contributed by atoms with Crippen LogP contribution in [0, 0.1) is 11.3 Å². The molecule has 0 fully saturated rings. The van der Waals surface area contributed by atoms with Gasteiger partial charge < -0.3 is 15.2 Å². The van der Waals surface area contributed by atoms with Crippen LogP contribution in [0.25, 0.3) is 22.0 Å². The number of benzene rings is 2. The highest BCUT2D eigenvalue weighted by molar-refractivity contribution is 7.19. The van der Waals surface area contributed by atoms with Crippen LogP contribution in [-0.2, 0) is 11.8 Å². The van der Waals surface area contributed by atoms with E-state index in [4.69, 9.17) is 5.26 Å². The standard InChI is InChI=1S/C22H18N6OS/c1-28-12-11-24-21(28)20-19(16-5-3-2-4-6-16)27-22(30-20)26-18(29)14-25-17-9-7-15(13-23)8-10-17/h2-12,25H,14H2,1H3,(H,26,27,29). The summed E-state index contributed by atoms with van der Waals surface area (Å²) < 4.78 is 1.93. The van der Waals surface area contributed by atoms with Crippen molar-refractivity contribution < 1.29 is 4.79 Å². The molecular weight excluding hydrogens is 396 g/mol. The molecule has 1 amide bonds. The average molecular weight is 414 g/mol. The summed E-state index contributed by atoms with van der Waals surface area (Å²) in [5, 5.41) is 15.3. The van der Waals surface area contributed by atoms with Crippen LogP contribution in [0.1, 0.15) is 5.56 Å². The number of nitrogens with zero attached hydrogens (tertiary/aromatic N) is 4. The monoisotopic (exact) mass is 414 g/mol. The van der Waals surface area contributed by atoms with Gasteiger partial charge in [0.15, 0.2) is 11.0 Å². The van der Waals surface area contributed by atoms with Crippen molar-refractivity contribution in [3.05, 3.63) is 72.6 Å². The van der Waals surface area contributed by atoms with Gasteiger partial charge in [0.05, 0.1) is 28.7 Å². The van der Waals surface area contributed by atoms with Gasteiger partial charge in [-0.25, -0.2) is 9.97 Å². The van der Waals surface area contributed by atoms with E-state index in [1.54, 1.807) is 30.5 Å². The highest BCUT2D eigenvalue weighted by Crippen LogP contribution is 2.38. The summed E-state index contributed by atoms with van der Waals surface area (Å²) in [4.78, 5) is 22.4. The summed E-state index contributed by atoms with van der Waals surface area (Å²) in [5.74, 6) is 0.585. The van der Waals surface area contributed by atoms with Crippen molar-refractivity contribution >= 4 is 28.1 Å². The molecule has 0 unspecified atom stereocenters. The Morgan fingerprint density at radius 2 is 1.93 bits per heavy atom. The van der Waals surface area contributed by atoms with Gasteiger partial charge in [-0.15, -0.1) is 0 Å². The Morgan fingerprint density at radius 1 is 1.17 bits per heavy atom. The largest absolute Gasteiger partial charge is 0.376 e. The number of anilines is 2. The van der Waals surface area contributed by atoms with Crippen molar-refractivity contribution in [3.63, 3.8) is 0 Å². The van der Waals surface area contributed by atoms with Crippen molar-refractivity contribution in [3.8, 4) is 28.0 Å². The third-order valence-corrected chi connectivity index (χ3v) is 5.38. The van der Waals surface area contributed by atoms with Gasteiger partial charge in [0, 0.05) is 30.7 Å². The van der Waals surface area contributed by atoms with Crippen LogP contribution in [0.3, 0.4) is 0 Å². The molecule has 4 aromatic rings. The van der Waals surface area contributed by atoms with Crippen LogP contribution in [-0.4, -0.2) is 27.0 Å². The van der Waals surface area contributed by atoms with Crippen molar-refractivity contribution in [2.24, 2.45) is 7.05 Å². The van der Waals surface area contributed by atoms with Gasteiger partial charge in [0.2, 0.25) is 5.91 Å². The van der Waals surface area contributed by atoms with Gasteiger partial charge in [0.1, 0.15) is 0 Å². The summed E-state index contributed by atoms with van der Waals surface area (Å²) in [6, 6.07) is 18.8. The normalized spacial score (nSPS) is 10.4. The molecule has 7 nitrogen and oxygen atoms in total. The molecule has 4 rings (SSSR count). The van der Waals surface area contributed by atoms with E-state index >= 15 is 0 Å². The molecule has 2 aromatic heterocycles. The number of hydrogen-bond acceptors (Lipinski definition) is 6. The Balaban J connectivity index is 1.52. The average Bonchev–Trinajstić information content (AvgIpc) is 3.39. The Bertz CT molecular complexity index is 1200. The maximum atomic E-state index is 12.4. The fourth-order valence-corrected chi connectivity index (χ4v) is 3.95. The minimum atomic E-state index is -0.209. The zero-order valence-corrected chi connectivity index (χ0v) is 17.0. The van der Waals surface area contributed by atoms with E-state index in [1.807, 2.05) is 48.1 Å². The summed E-state index contributed by atoms with van der Waals surface area (Å²) in [6.07, 6.45) is 3.62. The number of aryl methyl sites for hydroxylation is 1. The molecule has 0 saturated carbocycles. The molecule has 0 aliphatic carbocycles. The second-order valence-electron chi connectivity index (χ2n) is 6.52. The number of thiazole rings is 1. The smallest absolute Gasteiger partial charge is 0.245 e. The summed E-state index contributed by atoms with van der Waals surface area (Å²) in [6.45, 7) is 0.0872. The number of amides is 1. The number of carbonyl (C=O) groups excluding carboxylic acids is 1. The predicted molar refractivity (Wildman–Crippen MR) is 118 cm³/mol. The molecule has 2 N–H and O–H groups in total. The highest BCUT2D eigenvalue weighted by atomic mass is 32.1. The van der Waals surface area contributed by atoms with E-state index in [0.717, 1.165) is 27.6 Å². The lowest BCUT2D eigenvalue weighted by Gasteiger charge is -2.05. The summed E-state index contributed by atoms with van der Waals surface area (Å²) >= 11 is 1.39. The number of hydrogen-bond donors (Lipinski definition) is 2. The van der Waals surface area contributed by atoms with Crippen LogP contribution >= 0.6 is 11.3 Å². The maximum absolute atomic E-state index is 12.4. The van der Waals surface area contributed by atoms with Crippen LogP contribution in [0.4, 0.5) is 10.8 Å². The molecule has 148 valence electrons. The number of rotatable bonds is 6. The molecule has 2 heterocycles. The maximum Gasteiger partial charge on any atom is 0.245 e. The molecule has 30 heavy (non-hydrogen) atoms. The number of imidazole rings is 1. The zero-order valence-electron chi connectivity index (χ0n) is 16.2. The first-order chi connectivity index (χ1) is 14.6. The SMILES string of the molecule is Cn1ccnc1-c1sc(NC(=O)CNc2ccc(C#N)cc2)nc1-c1ccccc1.